The Balaban J connectivity index is 2.01. The Labute approximate surface area is 171 Å². The summed E-state index contributed by atoms with van der Waals surface area (Å²) >= 11 is 0. The van der Waals surface area contributed by atoms with E-state index in [0.717, 1.165) is 19.3 Å². The molecule has 9 nitrogen and oxygen atoms in total. The number of hydrogen-bond donors (Lipinski definition) is 2. The summed E-state index contributed by atoms with van der Waals surface area (Å²) in [6, 6.07) is 6.00. The fraction of sp³-hybridized carbons (Fsp3) is 0.600. The van der Waals surface area contributed by atoms with E-state index in [4.69, 9.17) is 9.47 Å². The van der Waals surface area contributed by atoms with Crippen LogP contribution in [-0.2, 0) is 9.53 Å². The van der Waals surface area contributed by atoms with E-state index < -0.39 is 16.6 Å². The van der Waals surface area contributed by atoms with Crippen molar-refractivity contribution in [3.63, 3.8) is 0 Å². The normalized spacial score (nSPS) is 10.9. The van der Waals surface area contributed by atoms with Crippen molar-refractivity contribution in [2.45, 2.75) is 58.5 Å². The molecule has 2 N–H and O–H groups in total. The molecule has 29 heavy (non-hydrogen) atoms. The molecule has 162 valence electrons. The van der Waals surface area contributed by atoms with Gasteiger partial charge in [-0.2, -0.15) is 0 Å². The van der Waals surface area contributed by atoms with Crippen LogP contribution in [-0.4, -0.2) is 42.2 Å². The molecule has 1 aromatic rings. The number of carbonyl (C=O) groups is 2. The number of carbonyl (C=O) groups excluding carboxylic acids is 2. The summed E-state index contributed by atoms with van der Waals surface area (Å²) in [6.07, 6.45) is 2.96. The van der Waals surface area contributed by atoms with E-state index in [1.54, 1.807) is 12.1 Å². The quantitative estimate of drug-likeness (QED) is 0.309. The van der Waals surface area contributed by atoms with E-state index in [2.05, 4.69) is 10.6 Å². The lowest BCUT2D eigenvalue weighted by Crippen LogP contribution is -2.33. The van der Waals surface area contributed by atoms with Gasteiger partial charge in [0.1, 0.15) is 11.4 Å². The van der Waals surface area contributed by atoms with Gasteiger partial charge in [-0.3, -0.25) is 14.9 Å². The molecule has 9 heteroatoms. The summed E-state index contributed by atoms with van der Waals surface area (Å²) in [5.74, 6) is 0.408. The molecule has 0 atom stereocenters. The number of non-ortho nitro benzene ring substituents is 1. The molecular weight excluding hydrogens is 378 g/mol. The van der Waals surface area contributed by atoms with Crippen molar-refractivity contribution in [2.75, 3.05) is 19.7 Å². The highest BCUT2D eigenvalue weighted by Crippen LogP contribution is 2.19. The second-order valence-corrected chi connectivity index (χ2v) is 7.55. The number of nitro benzene ring substituents is 1. The van der Waals surface area contributed by atoms with Gasteiger partial charge in [0.05, 0.1) is 17.6 Å². The first-order valence-electron chi connectivity index (χ1n) is 9.78. The Morgan fingerprint density at radius 2 is 1.79 bits per heavy atom. The number of benzene rings is 1. The number of unbranched alkanes of at least 4 members (excludes halogenated alkanes) is 2. The van der Waals surface area contributed by atoms with Gasteiger partial charge < -0.3 is 20.1 Å². The molecule has 2 amide bonds. The van der Waals surface area contributed by atoms with Crippen LogP contribution in [0.3, 0.4) is 0 Å². The largest absolute Gasteiger partial charge is 0.493 e. The molecule has 0 unspecified atom stereocenters. The molecule has 1 rings (SSSR count). The SMILES string of the molecule is CC(C)(C)OC(=O)NCCCCCC(=O)NCCCOc1cccc([N+](=O)[O-])c1. The van der Waals surface area contributed by atoms with Crippen molar-refractivity contribution >= 4 is 17.7 Å². The number of hydrogen-bond acceptors (Lipinski definition) is 6. The molecule has 0 saturated carbocycles. The van der Waals surface area contributed by atoms with Crippen molar-refractivity contribution < 1.29 is 24.0 Å². The van der Waals surface area contributed by atoms with Gasteiger partial charge in [0.25, 0.3) is 5.69 Å². The van der Waals surface area contributed by atoms with Crippen molar-refractivity contribution in [2.24, 2.45) is 0 Å². The summed E-state index contributed by atoms with van der Waals surface area (Å²) in [5.41, 5.74) is -0.524. The van der Waals surface area contributed by atoms with Gasteiger partial charge in [-0.25, -0.2) is 4.79 Å². The van der Waals surface area contributed by atoms with Gasteiger partial charge in [-0.15, -0.1) is 0 Å². The van der Waals surface area contributed by atoms with Crippen LogP contribution >= 0.6 is 0 Å². The minimum atomic E-state index is -0.508. The molecule has 0 saturated heterocycles. The predicted molar refractivity (Wildman–Crippen MR) is 109 cm³/mol. The highest BCUT2D eigenvalue weighted by Gasteiger charge is 2.15. The zero-order chi connectivity index (χ0) is 21.7. The standard InChI is InChI=1S/C20H31N3O6/c1-20(2,3)29-19(25)22-12-6-4-5-11-18(24)21-13-8-14-28-17-10-7-9-16(15-17)23(26)27/h7,9-10,15H,4-6,8,11-14H2,1-3H3,(H,21,24)(H,22,25). The summed E-state index contributed by atoms with van der Waals surface area (Å²) in [7, 11) is 0. The second-order valence-electron chi connectivity index (χ2n) is 7.55. The lowest BCUT2D eigenvalue weighted by atomic mass is 10.2. The molecule has 0 heterocycles. The smallest absolute Gasteiger partial charge is 0.407 e. The maximum Gasteiger partial charge on any atom is 0.407 e. The lowest BCUT2D eigenvalue weighted by molar-refractivity contribution is -0.384. The van der Waals surface area contributed by atoms with E-state index in [-0.39, 0.29) is 11.6 Å². The molecule has 0 aromatic heterocycles. The maximum atomic E-state index is 11.8. The van der Waals surface area contributed by atoms with E-state index >= 15 is 0 Å². The van der Waals surface area contributed by atoms with Gasteiger partial charge in [0.15, 0.2) is 0 Å². The molecule has 0 fully saturated rings. The molecule has 0 aliphatic rings. The molecule has 0 bridgehead atoms. The summed E-state index contributed by atoms with van der Waals surface area (Å²) < 4.78 is 10.6. The number of ether oxygens (including phenoxy) is 2. The van der Waals surface area contributed by atoms with Gasteiger partial charge in [0, 0.05) is 25.6 Å². The maximum absolute atomic E-state index is 11.8. The van der Waals surface area contributed by atoms with Crippen molar-refractivity contribution in [3.8, 4) is 5.75 Å². The Hall–Kier alpha value is -2.84. The molecule has 0 spiro atoms. The Kier molecular flexibility index (Phi) is 10.5. The van der Waals surface area contributed by atoms with Crippen LogP contribution in [0, 0.1) is 10.1 Å². The minimum Gasteiger partial charge on any atom is -0.493 e. The zero-order valence-corrected chi connectivity index (χ0v) is 17.4. The number of nitro groups is 1. The van der Waals surface area contributed by atoms with Crippen LogP contribution in [0.4, 0.5) is 10.5 Å². The Morgan fingerprint density at radius 1 is 1.07 bits per heavy atom. The average molecular weight is 409 g/mol. The first kappa shape index (κ1) is 24.2. The fourth-order valence-corrected chi connectivity index (χ4v) is 2.36. The van der Waals surface area contributed by atoms with Crippen molar-refractivity contribution in [1.29, 1.82) is 0 Å². The van der Waals surface area contributed by atoms with Crippen LogP contribution in [0.1, 0.15) is 52.9 Å². The van der Waals surface area contributed by atoms with E-state index in [0.29, 0.717) is 38.3 Å². The lowest BCUT2D eigenvalue weighted by Gasteiger charge is -2.19. The van der Waals surface area contributed by atoms with E-state index in [1.165, 1.54) is 12.1 Å². The third-order valence-electron chi connectivity index (χ3n) is 3.69. The van der Waals surface area contributed by atoms with Crippen LogP contribution in [0.15, 0.2) is 24.3 Å². The van der Waals surface area contributed by atoms with Crippen molar-refractivity contribution in [3.05, 3.63) is 34.4 Å². The predicted octanol–water partition coefficient (Wildman–Crippen LogP) is 3.57. The van der Waals surface area contributed by atoms with Crippen LogP contribution in [0.5, 0.6) is 5.75 Å². The number of nitrogens with zero attached hydrogens (tertiary/aromatic N) is 1. The average Bonchev–Trinajstić information content (AvgIpc) is 2.63. The number of amides is 2. The van der Waals surface area contributed by atoms with Gasteiger partial charge in [-0.05, 0) is 46.1 Å². The summed E-state index contributed by atoms with van der Waals surface area (Å²) in [4.78, 5) is 33.5. The van der Waals surface area contributed by atoms with Gasteiger partial charge in [-0.1, -0.05) is 12.5 Å². The summed E-state index contributed by atoms with van der Waals surface area (Å²) in [6.45, 7) is 6.79. The van der Waals surface area contributed by atoms with Crippen LogP contribution in [0.2, 0.25) is 0 Å². The number of rotatable bonds is 12. The minimum absolute atomic E-state index is 0.0166. The number of nitrogens with one attached hydrogen (secondary N) is 2. The second kappa shape index (κ2) is 12.6. The Bertz CT molecular complexity index is 672. The molecule has 0 aliphatic carbocycles. The third kappa shape index (κ3) is 12.3. The van der Waals surface area contributed by atoms with Crippen LogP contribution < -0.4 is 15.4 Å². The Morgan fingerprint density at radius 3 is 2.48 bits per heavy atom. The molecular formula is C20H31N3O6. The van der Waals surface area contributed by atoms with E-state index in [9.17, 15) is 19.7 Å². The highest BCUT2D eigenvalue weighted by atomic mass is 16.6. The number of alkyl carbamates (subject to hydrolysis) is 1. The van der Waals surface area contributed by atoms with Gasteiger partial charge in [0.2, 0.25) is 5.91 Å². The van der Waals surface area contributed by atoms with E-state index in [1.807, 2.05) is 20.8 Å². The monoisotopic (exact) mass is 409 g/mol. The third-order valence-corrected chi connectivity index (χ3v) is 3.69. The first-order valence-corrected chi connectivity index (χ1v) is 9.78. The highest BCUT2D eigenvalue weighted by molar-refractivity contribution is 5.75. The first-order chi connectivity index (χ1) is 13.7. The van der Waals surface area contributed by atoms with Crippen LogP contribution in [0.25, 0.3) is 0 Å². The van der Waals surface area contributed by atoms with Crippen molar-refractivity contribution in [1.82, 2.24) is 10.6 Å². The van der Waals surface area contributed by atoms with Gasteiger partial charge >= 0.3 is 6.09 Å². The molecule has 1 aromatic carbocycles. The molecule has 0 radical (unpaired) electrons. The zero-order valence-electron chi connectivity index (χ0n) is 17.4. The fourth-order valence-electron chi connectivity index (χ4n) is 2.36. The molecule has 0 aliphatic heterocycles. The topological polar surface area (TPSA) is 120 Å². The summed E-state index contributed by atoms with van der Waals surface area (Å²) in [5, 5.41) is 16.2.